The summed E-state index contributed by atoms with van der Waals surface area (Å²) in [5.41, 5.74) is 2.50. The van der Waals surface area contributed by atoms with Crippen LogP contribution in [0.2, 0.25) is 5.02 Å². The zero-order valence-corrected chi connectivity index (χ0v) is 29.7. The highest BCUT2D eigenvalue weighted by molar-refractivity contribution is 7.90. The molecule has 1 fully saturated rings. The Labute approximate surface area is 285 Å². The maximum atomic E-state index is 13.3. The lowest BCUT2D eigenvalue weighted by Crippen LogP contribution is -2.52. The standard InChI is InChI=1S/C37H47ClN2O6S/c1-6-7-18-37(45-5,19-9-20-44-4)32-14-11-29(32)23-40-24-36(17-8-10-27-21-30(38)13-15-31(27)36)25-46-34-16-12-28(22-33(34)40)35(41)39-47(42,43)26(2)3/h7,12-13,15-16,18,21-22,26,29,32H,6,8,10-11,14,17,20,23-25H2,1-5H3,(H,39,41)/b18-7+/t29-,32+,36-,37+/m0/s1. The lowest BCUT2D eigenvalue weighted by Gasteiger charge is -2.48. The van der Waals surface area contributed by atoms with Gasteiger partial charge in [0.25, 0.3) is 5.91 Å². The van der Waals surface area contributed by atoms with E-state index < -0.39 is 26.8 Å². The number of nitrogens with one attached hydrogen (secondary N) is 1. The van der Waals surface area contributed by atoms with Gasteiger partial charge in [0, 0.05) is 49.2 Å². The van der Waals surface area contributed by atoms with E-state index in [1.165, 1.54) is 11.1 Å². The molecule has 1 saturated carbocycles. The van der Waals surface area contributed by atoms with Crippen LogP contribution in [0.3, 0.4) is 0 Å². The quantitative estimate of drug-likeness (QED) is 0.232. The number of anilines is 1. The number of nitrogens with zero attached hydrogens (tertiary/aromatic N) is 1. The predicted octanol–water partition coefficient (Wildman–Crippen LogP) is 6.31. The van der Waals surface area contributed by atoms with Crippen molar-refractivity contribution >= 4 is 33.2 Å². The summed E-state index contributed by atoms with van der Waals surface area (Å²) in [7, 11) is -0.444. The van der Waals surface area contributed by atoms with E-state index >= 15 is 0 Å². The summed E-state index contributed by atoms with van der Waals surface area (Å²) in [5.74, 6) is 6.95. The number of sulfonamides is 1. The Morgan fingerprint density at radius 1 is 1.23 bits per heavy atom. The van der Waals surface area contributed by atoms with Crippen LogP contribution >= 0.6 is 11.6 Å². The van der Waals surface area contributed by atoms with Gasteiger partial charge in [0.05, 0.1) is 17.5 Å². The minimum absolute atomic E-state index is 0.142. The number of ether oxygens (including phenoxy) is 3. The Hall–Kier alpha value is -3.03. The Morgan fingerprint density at radius 3 is 2.72 bits per heavy atom. The van der Waals surface area contributed by atoms with Crippen LogP contribution in [0.15, 0.2) is 48.6 Å². The number of halogens is 1. The number of rotatable bonds is 10. The average Bonchev–Trinajstić information content (AvgIpc) is 3.18. The van der Waals surface area contributed by atoms with E-state index in [4.69, 9.17) is 25.8 Å². The topological polar surface area (TPSA) is 94.2 Å². The Bertz CT molecular complexity index is 1660. The van der Waals surface area contributed by atoms with E-state index in [-0.39, 0.29) is 22.8 Å². The van der Waals surface area contributed by atoms with Crippen LogP contribution in [0.5, 0.6) is 5.75 Å². The number of carbonyl (C=O) groups is 1. The van der Waals surface area contributed by atoms with Gasteiger partial charge in [-0.15, -0.1) is 0 Å². The molecule has 2 aliphatic carbocycles. The van der Waals surface area contributed by atoms with Crippen LogP contribution in [0, 0.1) is 23.7 Å². The predicted molar refractivity (Wildman–Crippen MR) is 187 cm³/mol. The molecule has 47 heavy (non-hydrogen) atoms. The van der Waals surface area contributed by atoms with Crippen molar-refractivity contribution in [2.24, 2.45) is 11.8 Å². The highest BCUT2D eigenvalue weighted by Crippen LogP contribution is 2.48. The molecule has 2 aromatic rings. The molecule has 1 N–H and O–H groups in total. The maximum Gasteiger partial charge on any atom is 0.264 e. The summed E-state index contributed by atoms with van der Waals surface area (Å²) in [6, 6.07) is 11.4. The lowest BCUT2D eigenvalue weighted by atomic mass is 9.64. The molecule has 2 aromatic carbocycles. The molecule has 1 spiro atoms. The minimum atomic E-state index is -3.80. The van der Waals surface area contributed by atoms with Gasteiger partial charge in [0.15, 0.2) is 0 Å². The van der Waals surface area contributed by atoms with E-state index in [9.17, 15) is 13.2 Å². The first kappa shape index (κ1) is 35.3. The monoisotopic (exact) mass is 682 g/mol. The fourth-order valence-corrected chi connectivity index (χ4v) is 8.07. The van der Waals surface area contributed by atoms with Crippen LogP contribution in [-0.4, -0.2) is 65.7 Å². The number of fused-ring (bicyclic) bond motifs is 3. The lowest BCUT2D eigenvalue weighted by molar-refractivity contribution is -0.0351. The molecule has 0 radical (unpaired) electrons. The van der Waals surface area contributed by atoms with E-state index in [0.717, 1.165) is 49.2 Å². The highest BCUT2D eigenvalue weighted by atomic mass is 35.5. The number of hydrogen-bond donors (Lipinski definition) is 1. The molecular formula is C37H47ClN2O6S. The molecule has 8 nitrogen and oxygen atoms in total. The Kier molecular flexibility index (Phi) is 11.0. The SMILES string of the molecule is CC/C=C/[C@](C#CCOC)(OC)[C@@H]1CC[C@H]1CN1C[C@@]2(CCCc3cc(Cl)ccc32)COc2ccc(C(=O)NS(=O)(=O)C(C)C)cc21. The molecule has 254 valence electrons. The maximum absolute atomic E-state index is 13.3. The first-order chi connectivity index (χ1) is 22.5. The third-order valence-electron chi connectivity index (χ3n) is 10.0. The van der Waals surface area contributed by atoms with E-state index in [1.54, 1.807) is 46.3 Å². The second-order valence-electron chi connectivity index (χ2n) is 13.3. The van der Waals surface area contributed by atoms with Gasteiger partial charge < -0.3 is 19.1 Å². The molecule has 10 heteroatoms. The number of hydrogen-bond acceptors (Lipinski definition) is 7. The highest BCUT2D eigenvalue weighted by Gasteiger charge is 2.48. The van der Waals surface area contributed by atoms with Gasteiger partial charge in [0.1, 0.15) is 18.0 Å². The summed E-state index contributed by atoms with van der Waals surface area (Å²) in [6.07, 6.45) is 9.98. The van der Waals surface area contributed by atoms with Gasteiger partial charge in [0.2, 0.25) is 10.0 Å². The number of methoxy groups -OCH3 is 2. The normalized spacial score (nSPS) is 23.5. The molecule has 0 saturated heterocycles. The fourth-order valence-electron chi connectivity index (χ4n) is 7.26. The van der Waals surface area contributed by atoms with Gasteiger partial charge in [-0.1, -0.05) is 42.5 Å². The van der Waals surface area contributed by atoms with Crippen molar-refractivity contribution in [1.29, 1.82) is 0 Å². The van der Waals surface area contributed by atoms with E-state index in [2.05, 4.69) is 52.7 Å². The van der Waals surface area contributed by atoms with Crippen molar-refractivity contribution < 1.29 is 27.4 Å². The minimum Gasteiger partial charge on any atom is -0.490 e. The fraction of sp³-hybridized carbons (Fsp3) is 0.541. The van der Waals surface area contributed by atoms with Crippen molar-refractivity contribution in [2.75, 3.05) is 45.4 Å². The van der Waals surface area contributed by atoms with Gasteiger partial charge in [-0.05, 0) is 106 Å². The zero-order valence-electron chi connectivity index (χ0n) is 28.1. The number of benzene rings is 2. The van der Waals surface area contributed by atoms with Gasteiger partial charge >= 0.3 is 0 Å². The number of carbonyl (C=O) groups excluding carboxylic acids is 1. The summed E-state index contributed by atoms with van der Waals surface area (Å²) < 4.78 is 45.4. The summed E-state index contributed by atoms with van der Waals surface area (Å²) >= 11 is 6.44. The third-order valence-corrected chi connectivity index (χ3v) is 12.0. The van der Waals surface area contributed by atoms with E-state index in [1.807, 2.05) is 6.07 Å². The Morgan fingerprint density at radius 2 is 2.04 bits per heavy atom. The molecule has 1 aliphatic heterocycles. The van der Waals surface area contributed by atoms with Gasteiger partial charge in [-0.3, -0.25) is 4.79 Å². The number of allylic oxidation sites excluding steroid dienone is 1. The molecule has 0 bridgehead atoms. The summed E-state index contributed by atoms with van der Waals surface area (Å²) in [6.45, 7) is 7.35. The third kappa shape index (κ3) is 7.36. The second-order valence-corrected chi connectivity index (χ2v) is 16.0. The van der Waals surface area contributed by atoms with Crippen LogP contribution < -0.4 is 14.4 Å². The smallest absolute Gasteiger partial charge is 0.264 e. The Balaban J connectivity index is 1.55. The molecular weight excluding hydrogens is 636 g/mol. The van der Waals surface area contributed by atoms with E-state index in [0.29, 0.717) is 32.1 Å². The van der Waals surface area contributed by atoms with Crippen LogP contribution in [0.1, 0.15) is 74.4 Å². The summed E-state index contributed by atoms with van der Waals surface area (Å²) in [5, 5.41) is -0.0115. The number of amides is 1. The average molecular weight is 683 g/mol. The van der Waals surface area contributed by atoms with Crippen LogP contribution in [0.25, 0.3) is 0 Å². The molecule has 5 rings (SSSR count). The van der Waals surface area contributed by atoms with Crippen LogP contribution in [-0.2, 0) is 31.3 Å². The first-order valence-electron chi connectivity index (χ1n) is 16.6. The molecule has 0 unspecified atom stereocenters. The van der Waals surface area contributed by atoms with Crippen molar-refractivity contribution in [1.82, 2.24) is 4.72 Å². The van der Waals surface area contributed by atoms with Crippen molar-refractivity contribution in [3.63, 3.8) is 0 Å². The molecule has 0 aromatic heterocycles. The zero-order chi connectivity index (χ0) is 33.8. The second kappa shape index (κ2) is 14.6. The van der Waals surface area contributed by atoms with Gasteiger partial charge in [-0.25, -0.2) is 13.1 Å². The first-order valence-corrected chi connectivity index (χ1v) is 18.5. The van der Waals surface area contributed by atoms with Crippen molar-refractivity contribution in [3.8, 4) is 17.6 Å². The van der Waals surface area contributed by atoms with Crippen molar-refractivity contribution in [3.05, 3.63) is 70.3 Å². The largest absolute Gasteiger partial charge is 0.490 e. The molecule has 4 atom stereocenters. The molecule has 3 aliphatic rings. The van der Waals surface area contributed by atoms with Gasteiger partial charge in [-0.2, -0.15) is 0 Å². The molecule has 1 amide bonds. The summed E-state index contributed by atoms with van der Waals surface area (Å²) in [4.78, 5) is 15.6. The van der Waals surface area contributed by atoms with Crippen LogP contribution in [0.4, 0.5) is 5.69 Å². The number of aryl methyl sites for hydroxylation is 1. The van der Waals surface area contributed by atoms with Crippen molar-refractivity contribution in [2.45, 2.75) is 75.6 Å². The molecule has 1 heterocycles.